The fourth-order valence-electron chi connectivity index (χ4n) is 3.27. The van der Waals surface area contributed by atoms with Crippen molar-refractivity contribution in [1.29, 1.82) is 0 Å². The quantitative estimate of drug-likeness (QED) is 0.499. The summed E-state index contributed by atoms with van der Waals surface area (Å²) in [6.07, 6.45) is 7.46. The SMILES string of the molecule is CC(C)(O)COc1ccc(-n2cc(C(O)[SH]3C(C4CC4)=Nc4cncn43)nn2)cc1. The van der Waals surface area contributed by atoms with E-state index in [0.29, 0.717) is 17.4 Å². The highest BCUT2D eigenvalue weighted by Gasteiger charge is 2.40. The van der Waals surface area contributed by atoms with Gasteiger partial charge in [0.05, 0.1) is 28.7 Å². The number of nitrogens with zero attached hydrogens (tertiary/aromatic N) is 6. The van der Waals surface area contributed by atoms with Gasteiger partial charge < -0.3 is 14.9 Å². The van der Waals surface area contributed by atoms with Crippen molar-refractivity contribution in [3.8, 4) is 11.4 Å². The average Bonchev–Trinajstić information content (AvgIpc) is 3.13. The maximum atomic E-state index is 11.1. The van der Waals surface area contributed by atoms with Crippen LogP contribution in [0.3, 0.4) is 0 Å². The van der Waals surface area contributed by atoms with Gasteiger partial charge in [-0.2, -0.15) is 0 Å². The Morgan fingerprint density at radius 3 is 2.73 bits per heavy atom. The van der Waals surface area contributed by atoms with Crippen molar-refractivity contribution in [2.24, 2.45) is 10.9 Å². The van der Waals surface area contributed by atoms with Crippen molar-refractivity contribution in [3.63, 3.8) is 0 Å². The number of thiol groups is 1. The Morgan fingerprint density at radius 1 is 1.27 bits per heavy atom. The Balaban J connectivity index is 1.34. The minimum Gasteiger partial charge on any atom is -0.491 e. The van der Waals surface area contributed by atoms with Gasteiger partial charge in [0.1, 0.15) is 29.8 Å². The van der Waals surface area contributed by atoms with Gasteiger partial charge >= 0.3 is 0 Å². The Kier molecular flexibility index (Phi) is 4.64. The van der Waals surface area contributed by atoms with E-state index in [1.165, 1.54) is 0 Å². The van der Waals surface area contributed by atoms with E-state index in [1.807, 2.05) is 28.2 Å². The third-order valence-corrected chi connectivity index (χ3v) is 7.37. The fourth-order valence-corrected chi connectivity index (χ4v) is 5.67. The van der Waals surface area contributed by atoms with E-state index in [4.69, 9.17) is 9.73 Å². The zero-order chi connectivity index (χ0) is 20.9. The number of hydrogen-bond donors (Lipinski definition) is 3. The predicted molar refractivity (Wildman–Crippen MR) is 115 cm³/mol. The maximum Gasteiger partial charge on any atom is 0.162 e. The molecule has 1 aliphatic heterocycles. The number of rotatable bonds is 7. The van der Waals surface area contributed by atoms with Crippen molar-refractivity contribution in [2.75, 3.05) is 6.61 Å². The van der Waals surface area contributed by atoms with Crippen LogP contribution in [0, 0.1) is 5.92 Å². The van der Waals surface area contributed by atoms with Crippen molar-refractivity contribution in [2.45, 2.75) is 37.7 Å². The molecule has 0 amide bonds. The van der Waals surface area contributed by atoms with Crippen LogP contribution in [-0.2, 0) is 0 Å². The van der Waals surface area contributed by atoms with Crippen molar-refractivity contribution in [3.05, 3.63) is 48.7 Å². The third-order valence-electron chi connectivity index (χ3n) is 4.94. The zero-order valence-electron chi connectivity index (χ0n) is 16.8. The first kappa shape index (κ1) is 19.3. The second-order valence-corrected chi connectivity index (χ2v) is 10.3. The van der Waals surface area contributed by atoms with Crippen LogP contribution in [0.4, 0.5) is 5.82 Å². The minimum atomic E-state index is -1.08. The summed E-state index contributed by atoms with van der Waals surface area (Å²) in [5, 5.41) is 30.4. The normalized spacial score (nSPS) is 20.7. The molecule has 0 saturated heterocycles. The lowest BCUT2D eigenvalue weighted by Gasteiger charge is -2.24. The van der Waals surface area contributed by atoms with Crippen LogP contribution < -0.4 is 4.74 Å². The number of aliphatic hydroxyl groups excluding tert-OH is 1. The first-order chi connectivity index (χ1) is 14.4. The van der Waals surface area contributed by atoms with Gasteiger partial charge in [0.2, 0.25) is 0 Å². The fraction of sp³-hybridized carbons (Fsp3) is 0.400. The molecule has 2 aromatic heterocycles. The molecule has 158 valence electrons. The number of aliphatic hydroxyl groups is 2. The summed E-state index contributed by atoms with van der Waals surface area (Å²) in [5.74, 6) is 1.92. The molecule has 1 aromatic carbocycles. The van der Waals surface area contributed by atoms with Gasteiger partial charge in [-0.05, 0) is 51.0 Å². The molecule has 30 heavy (non-hydrogen) atoms. The summed E-state index contributed by atoms with van der Waals surface area (Å²) in [6.45, 7) is 3.60. The highest BCUT2D eigenvalue weighted by atomic mass is 32.2. The van der Waals surface area contributed by atoms with Gasteiger partial charge in [0.15, 0.2) is 5.82 Å². The lowest BCUT2D eigenvalue weighted by atomic mass is 10.2. The van der Waals surface area contributed by atoms with Crippen LogP contribution in [-0.4, -0.2) is 51.4 Å². The second kappa shape index (κ2) is 7.22. The minimum absolute atomic E-state index is 0.205. The van der Waals surface area contributed by atoms with Gasteiger partial charge in [-0.25, -0.2) is 14.7 Å². The molecule has 3 aromatic rings. The van der Waals surface area contributed by atoms with Crippen LogP contribution in [0.25, 0.3) is 5.69 Å². The molecule has 0 bridgehead atoms. The van der Waals surface area contributed by atoms with Crippen molar-refractivity contribution >= 4 is 21.9 Å². The number of aromatic nitrogens is 5. The standard InChI is InChI=1S/C20H24N6O3S/c1-20(2,28)11-29-15-7-5-14(6-8-15)25-10-16(23-24-25)19(27)30-18(13-3-4-13)22-17-9-21-12-26(17)30/h5-10,12-13,19,27-28,30H,3-4,11H2,1-2H3. The van der Waals surface area contributed by atoms with E-state index in [9.17, 15) is 10.2 Å². The van der Waals surface area contributed by atoms with Crippen LogP contribution in [0.1, 0.15) is 37.8 Å². The molecule has 2 N–H and O–H groups in total. The van der Waals surface area contributed by atoms with Gasteiger partial charge in [-0.3, -0.25) is 3.97 Å². The average molecular weight is 429 g/mol. The Labute approximate surface area is 176 Å². The van der Waals surface area contributed by atoms with Gasteiger partial charge in [-0.1, -0.05) is 16.3 Å². The van der Waals surface area contributed by atoms with Gasteiger partial charge in [0, 0.05) is 5.92 Å². The number of hydrogen-bond acceptors (Lipinski definition) is 7. The van der Waals surface area contributed by atoms with E-state index in [2.05, 4.69) is 15.3 Å². The van der Waals surface area contributed by atoms with E-state index in [0.717, 1.165) is 29.4 Å². The predicted octanol–water partition coefficient (Wildman–Crippen LogP) is 2.52. The summed E-state index contributed by atoms with van der Waals surface area (Å²) in [4.78, 5) is 8.88. The highest BCUT2D eigenvalue weighted by molar-refractivity contribution is 8.29. The van der Waals surface area contributed by atoms with Crippen LogP contribution in [0.2, 0.25) is 0 Å². The smallest absolute Gasteiger partial charge is 0.162 e. The first-order valence-electron chi connectivity index (χ1n) is 9.85. The highest BCUT2D eigenvalue weighted by Crippen LogP contribution is 2.55. The first-order valence-corrected chi connectivity index (χ1v) is 11.2. The molecular weight excluding hydrogens is 404 g/mol. The summed E-state index contributed by atoms with van der Waals surface area (Å²) in [7, 11) is 0. The molecule has 9 nitrogen and oxygen atoms in total. The van der Waals surface area contributed by atoms with E-state index < -0.39 is 22.1 Å². The summed E-state index contributed by atoms with van der Waals surface area (Å²) in [5.41, 5.74) is -0.374. The van der Waals surface area contributed by atoms with Crippen molar-refractivity contribution in [1.82, 2.24) is 24.0 Å². The molecule has 0 radical (unpaired) electrons. The molecule has 0 spiro atoms. The molecule has 10 heteroatoms. The lowest BCUT2D eigenvalue weighted by molar-refractivity contribution is 0.0285. The van der Waals surface area contributed by atoms with Crippen LogP contribution in [0.15, 0.2) is 48.0 Å². The number of imidazole rings is 1. The summed E-state index contributed by atoms with van der Waals surface area (Å²) < 4.78 is 9.19. The molecule has 1 fully saturated rings. The summed E-state index contributed by atoms with van der Waals surface area (Å²) in [6, 6.07) is 7.35. The second-order valence-electron chi connectivity index (χ2n) is 8.24. The van der Waals surface area contributed by atoms with E-state index in [-0.39, 0.29) is 6.61 Å². The monoisotopic (exact) mass is 428 g/mol. The number of benzene rings is 1. The molecular formula is C20H24N6O3S. The van der Waals surface area contributed by atoms with Crippen molar-refractivity contribution < 1.29 is 14.9 Å². The largest absolute Gasteiger partial charge is 0.491 e. The molecule has 1 aliphatic carbocycles. The number of fused-ring (bicyclic) bond motifs is 1. The Hall–Kier alpha value is -2.69. The van der Waals surface area contributed by atoms with Gasteiger partial charge in [-0.15, -0.1) is 5.10 Å². The topological polar surface area (TPSA) is 111 Å². The Morgan fingerprint density at radius 2 is 2.03 bits per heavy atom. The maximum absolute atomic E-state index is 11.1. The molecule has 3 heterocycles. The summed E-state index contributed by atoms with van der Waals surface area (Å²) >= 11 is -1.08. The molecule has 2 unspecified atom stereocenters. The number of aliphatic imine (C=N–C) groups is 1. The van der Waals surface area contributed by atoms with Crippen LogP contribution >= 0.6 is 11.1 Å². The Bertz CT molecular complexity index is 1080. The molecule has 1 saturated carbocycles. The third kappa shape index (κ3) is 3.73. The lowest BCUT2D eigenvalue weighted by Crippen LogP contribution is -2.27. The van der Waals surface area contributed by atoms with E-state index >= 15 is 0 Å². The molecule has 2 aliphatic rings. The van der Waals surface area contributed by atoms with Crippen LogP contribution in [0.5, 0.6) is 5.75 Å². The zero-order valence-corrected chi connectivity index (χ0v) is 17.6. The van der Waals surface area contributed by atoms with Gasteiger partial charge in [0.25, 0.3) is 0 Å². The molecule has 5 rings (SSSR count). The van der Waals surface area contributed by atoms with E-state index in [1.54, 1.807) is 37.3 Å². The molecule has 2 atom stereocenters. The number of ether oxygens (including phenoxy) is 1.